The van der Waals surface area contributed by atoms with Crippen LogP contribution >= 0.6 is 35.3 Å². The van der Waals surface area contributed by atoms with Gasteiger partial charge in [-0.1, -0.05) is 12.1 Å². The molecule has 0 bridgehead atoms. The predicted molar refractivity (Wildman–Crippen MR) is 122 cm³/mol. The monoisotopic (exact) mass is 513 g/mol. The number of aliphatic imine (C=N–C) groups is 1. The second kappa shape index (κ2) is 11.0. The van der Waals surface area contributed by atoms with E-state index in [0.717, 1.165) is 18.1 Å². The topological polar surface area (TPSA) is 85.8 Å². The summed E-state index contributed by atoms with van der Waals surface area (Å²) in [5, 5.41) is 13.4. The Kier molecular flexibility index (Phi) is 8.71. The van der Waals surface area contributed by atoms with E-state index in [2.05, 4.69) is 32.4 Å². The van der Waals surface area contributed by atoms with Crippen molar-refractivity contribution in [1.29, 1.82) is 0 Å². The minimum Gasteiger partial charge on any atom is -0.353 e. The van der Waals surface area contributed by atoms with Crippen LogP contribution in [-0.4, -0.2) is 49.4 Å². The number of hydrogen-bond donors (Lipinski definition) is 3. The first kappa shape index (κ1) is 22.2. The molecule has 3 rings (SSSR count). The predicted octanol–water partition coefficient (Wildman–Crippen LogP) is 1.80. The van der Waals surface area contributed by atoms with Gasteiger partial charge in [-0.25, -0.2) is 0 Å². The summed E-state index contributed by atoms with van der Waals surface area (Å²) in [5.74, 6) is 0.495. The summed E-state index contributed by atoms with van der Waals surface area (Å²) in [7, 11) is 1.74. The van der Waals surface area contributed by atoms with Crippen LogP contribution in [0.5, 0.6) is 0 Å². The van der Waals surface area contributed by atoms with Crippen molar-refractivity contribution >= 4 is 53.1 Å². The lowest BCUT2D eigenvalue weighted by atomic mass is 10.1. The molecule has 2 heterocycles. The van der Waals surface area contributed by atoms with Crippen molar-refractivity contribution in [3.63, 3.8) is 0 Å². The summed E-state index contributed by atoms with van der Waals surface area (Å²) in [4.78, 5) is 29.7. The molecule has 1 aliphatic rings. The van der Waals surface area contributed by atoms with E-state index < -0.39 is 0 Å². The standard InChI is InChI=1S/C19H23N5O2S.HI/c1-20-19(23-11-15-6-9-27-13-15)22-10-14-2-4-16(5-3-14)18(26)24-8-7-21-17(25)12-24;/h2-6,9,13H,7-8,10-12H2,1H3,(H,21,25)(H2,20,22,23);1H. The largest absolute Gasteiger partial charge is 0.353 e. The van der Waals surface area contributed by atoms with Gasteiger partial charge in [0.1, 0.15) is 0 Å². The maximum atomic E-state index is 12.5. The van der Waals surface area contributed by atoms with Gasteiger partial charge in [0.2, 0.25) is 5.91 Å². The van der Waals surface area contributed by atoms with Crippen molar-refractivity contribution in [1.82, 2.24) is 20.9 Å². The lowest BCUT2D eigenvalue weighted by Gasteiger charge is -2.26. The Bertz CT molecular complexity index is 808. The van der Waals surface area contributed by atoms with Gasteiger partial charge in [0.25, 0.3) is 5.91 Å². The zero-order valence-corrected chi connectivity index (χ0v) is 18.8. The first-order valence-electron chi connectivity index (χ1n) is 8.76. The number of thiophene rings is 1. The third-order valence-electron chi connectivity index (χ3n) is 4.25. The molecule has 2 aromatic rings. The summed E-state index contributed by atoms with van der Waals surface area (Å²) in [6.45, 7) is 2.49. The van der Waals surface area contributed by atoms with Crippen molar-refractivity contribution in [2.24, 2.45) is 4.99 Å². The Morgan fingerprint density at radius 1 is 1.18 bits per heavy atom. The smallest absolute Gasteiger partial charge is 0.254 e. The number of rotatable bonds is 5. The molecule has 2 amide bonds. The zero-order chi connectivity index (χ0) is 19.1. The minimum absolute atomic E-state index is 0. The molecule has 0 saturated carbocycles. The molecular formula is C19H24IN5O2S. The van der Waals surface area contributed by atoms with Crippen LogP contribution in [0.15, 0.2) is 46.1 Å². The highest BCUT2D eigenvalue weighted by molar-refractivity contribution is 14.0. The van der Waals surface area contributed by atoms with Crippen molar-refractivity contribution in [3.05, 3.63) is 57.8 Å². The van der Waals surface area contributed by atoms with E-state index in [9.17, 15) is 9.59 Å². The van der Waals surface area contributed by atoms with E-state index in [1.54, 1.807) is 35.4 Å². The summed E-state index contributed by atoms with van der Waals surface area (Å²) >= 11 is 1.67. The molecule has 9 heteroatoms. The van der Waals surface area contributed by atoms with Gasteiger partial charge in [-0.3, -0.25) is 14.6 Å². The lowest BCUT2D eigenvalue weighted by Crippen LogP contribution is -2.49. The lowest BCUT2D eigenvalue weighted by molar-refractivity contribution is -0.123. The number of nitrogens with one attached hydrogen (secondary N) is 3. The van der Waals surface area contributed by atoms with Crippen molar-refractivity contribution < 1.29 is 9.59 Å². The summed E-state index contributed by atoms with van der Waals surface area (Å²) in [6.07, 6.45) is 0. The molecule has 28 heavy (non-hydrogen) atoms. The normalized spacial score (nSPS) is 14.1. The third kappa shape index (κ3) is 6.20. The molecule has 1 aromatic heterocycles. The maximum Gasteiger partial charge on any atom is 0.254 e. The average molecular weight is 513 g/mol. The maximum absolute atomic E-state index is 12.5. The molecule has 1 aromatic carbocycles. The highest BCUT2D eigenvalue weighted by Gasteiger charge is 2.22. The molecule has 0 aliphatic carbocycles. The number of halogens is 1. The van der Waals surface area contributed by atoms with Gasteiger partial charge in [0, 0.05) is 38.8 Å². The summed E-state index contributed by atoms with van der Waals surface area (Å²) < 4.78 is 0. The van der Waals surface area contributed by atoms with Gasteiger partial charge >= 0.3 is 0 Å². The molecule has 0 spiro atoms. The number of amides is 2. The number of guanidine groups is 1. The van der Waals surface area contributed by atoms with Gasteiger partial charge in [-0.05, 0) is 40.1 Å². The van der Waals surface area contributed by atoms with E-state index in [1.807, 2.05) is 17.5 Å². The number of carbonyl (C=O) groups is 2. The molecule has 150 valence electrons. The molecule has 1 aliphatic heterocycles. The van der Waals surface area contributed by atoms with Crippen LogP contribution in [0.4, 0.5) is 0 Å². The van der Waals surface area contributed by atoms with Crippen molar-refractivity contribution in [2.45, 2.75) is 13.1 Å². The van der Waals surface area contributed by atoms with Gasteiger partial charge < -0.3 is 20.9 Å². The molecule has 0 unspecified atom stereocenters. The van der Waals surface area contributed by atoms with Crippen molar-refractivity contribution in [2.75, 3.05) is 26.7 Å². The molecule has 0 radical (unpaired) electrons. The molecule has 7 nitrogen and oxygen atoms in total. The average Bonchev–Trinajstić information content (AvgIpc) is 3.21. The Morgan fingerprint density at radius 3 is 2.50 bits per heavy atom. The Balaban J connectivity index is 0.00000280. The fourth-order valence-electron chi connectivity index (χ4n) is 2.75. The second-order valence-corrected chi connectivity index (χ2v) is 6.96. The number of piperazine rings is 1. The second-order valence-electron chi connectivity index (χ2n) is 6.18. The first-order chi connectivity index (χ1) is 13.2. The van der Waals surface area contributed by atoms with Crippen LogP contribution in [0.3, 0.4) is 0 Å². The van der Waals surface area contributed by atoms with Crippen LogP contribution in [0, 0.1) is 0 Å². The number of nitrogens with zero attached hydrogens (tertiary/aromatic N) is 2. The van der Waals surface area contributed by atoms with E-state index in [0.29, 0.717) is 25.2 Å². The van der Waals surface area contributed by atoms with Crippen LogP contribution in [0.25, 0.3) is 0 Å². The van der Waals surface area contributed by atoms with E-state index >= 15 is 0 Å². The van der Waals surface area contributed by atoms with Crippen LogP contribution in [0.2, 0.25) is 0 Å². The number of benzene rings is 1. The molecule has 1 fully saturated rings. The Hall–Kier alpha value is -2.14. The molecule has 3 N–H and O–H groups in total. The van der Waals surface area contributed by atoms with Gasteiger partial charge in [-0.2, -0.15) is 11.3 Å². The van der Waals surface area contributed by atoms with Gasteiger partial charge in [0.15, 0.2) is 5.96 Å². The fraction of sp³-hybridized carbons (Fsp3) is 0.316. The van der Waals surface area contributed by atoms with Gasteiger partial charge in [0.05, 0.1) is 6.54 Å². The van der Waals surface area contributed by atoms with Crippen LogP contribution < -0.4 is 16.0 Å². The van der Waals surface area contributed by atoms with E-state index in [1.165, 1.54) is 5.56 Å². The van der Waals surface area contributed by atoms with Gasteiger partial charge in [-0.15, -0.1) is 24.0 Å². The first-order valence-corrected chi connectivity index (χ1v) is 9.70. The Labute approximate surface area is 185 Å². The number of carbonyl (C=O) groups excluding carboxylic acids is 2. The highest BCUT2D eigenvalue weighted by Crippen LogP contribution is 2.09. The molecule has 0 atom stereocenters. The van der Waals surface area contributed by atoms with Crippen LogP contribution in [-0.2, 0) is 17.9 Å². The van der Waals surface area contributed by atoms with Crippen molar-refractivity contribution in [3.8, 4) is 0 Å². The van der Waals surface area contributed by atoms with E-state index in [4.69, 9.17) is 0 Å². The molecular weight excluding hydrogens is 489 g/mol. The highest BCUT2D eigenvalue weighted by atomic mass is 127. The zero-order valence-electron chi connectivity index (χ0n) is 15.6. The SMILES string of the molecule is CN=C(NCc1ccc(C(=O)N2CCNC(=O)C2)cc1)NCc1ccsc1.I. The minimum atomic E-state index is -0.114. The van der Waals surface area contributed by atoms with E-state index in [-0.39, 0.29) is 42.3 Å². The summed E-state index contributed by atoms with van der Waals surface area (Å²) in [5.41, 5.74) is 2.85. The quantitative estimate of drug-likeness (QED) is 0.324. The Morgan fingerprint density at radius 2 is 1.89 bits per heavy atom. The third-order valence-corrected chi connectivity index (χ3v) is 4.98. The summed E-state index contributed by atoms with van der Waals surface area (Å²) in [6, 6.07) is 9.50. The van der Waals surface area contributed by atoms with Crippen LogP contribution in [0.1, 0.15) is 21.5 Å². The molecule has 1 saturated heterocycles. The fourth-order valence-corrected chi connectivity index (χ4v) is 3.41. The number of hydrogen-bond acceptors (Lipinski definition) is 4.